The number of amides is 1. The maximum atomic E-state index is 12.1. The lowest BCUT2D eigenvalue weighted by molar-refractivity contribution is -0.131. The molecule has 1 heterocycles. The summed E-state index contributed by atoms with van der Waals surface area (Å²) in [6.07, 6.45) is 0.0800. The molecule has 1 aliphatic heterocycles. The number of halogens is 2. The zero-order chi connectivity index (χ0) is 16.8. The highest BCUT2D eigenvalue weighted by molar-refractivity contribution is 5.78. The number of benzene rings is 1. The van der Waals surface area contributed by atoms with Gasteiger partial charge in [0.05, 0.1) is 0 Å². The van der Waals surface area contributed by atoms with Crippen molar-refractivity contribution in [2.24, 2.45) is 5.92 Å². The summed E-state index contributed by atoms with van der Waals surface area (Å²) >= 11 is 0. The molecule has 0 aromatic heterocycles. The number of carbonyl (C=O) groups excluding carboxylic acids is 1. The molecule has 1 saturated heterocycles. The summed E-state index contributed by atoms with van der Waals surface area (Å²) in [6.45, 7) is 7.56. The number of likely N-dealkylation sites (tertiary alicyclic amines) is 1. The standard InChI is InChI=1S/C18H26F2N2O/c1-13-5-6-16(10-14(13)2)12-22-9-3-4-15(11-22)7-8-21-18(23)17(19)20/h5-6,10,15,17H,3-4,7-9,11-12H2,1-2H3,(H,21,23)/t15-/m0/s1. The Bertz CT molecular complexity index is 534. The van der Waals surface area contributed by atoms with Crippen LogP contribution in [0.5, 0.6) is 0 Å². The molecule has 5 heteroatoms. The van der Waals surface area contributed by atoms with Crippen molar-refractivity contribution < 1.29 is 13.6 Å². The number of hydrogen-bond acceptors (Lipinski definition) is 2. The van der Waals surface area contributed by atoms with Gasteiger partial charge in [0.1, 0.15) is 0 Å². The highest BCUT2D eigenvalue weighted by atomic mass is 19.3. The van der Waals surface area contributed by atoms with E-state index in [4.69, 9.17) is 0 Å². The molecule has 1 aliphatic rings. The van der Waals surface area contributed by atoms with Crippen molar-refractivity contribution in [3.05, 3.63) is 34.9 Å². The normalized spacial score (nSPS) is 19.1. The number of aryl methyl sites for hydroxylation is 2. The molecule has 2 rings (SSSR count). The van der Waals surface area contributed by atoms with Crippen molar-refractivity contribution in [1.82, 2.24) is 10.2 Å². The Hall–Kier alpha value is -1.49. The monoisotopic (exact) mass is 324 g/mol. The molecule has 0 unspecified atom stereocenters. The van der Waals surface area contributed by atoms with Crippen molar-refractivity contribution in [3.63, 3.8) is 0 Å². The van der Waals surface area contributed by atoms with Gasteiger partial charge in [0, 0.05) is 19.6 Å². The Morgan fingerprint density at radius 2 is 2.13 bits per heavy atom. The second kappa shape index (κ2) is 8.39. The minimum Gasteiger partial charge on any atom is -0.351 e. The van der Waals surface area contributed by atoms with Crippen molar-refractivity contribution in [3.8, 4) is 0 Å². The Morgan fingerprint density at radius 1 is 1.35 bits per heavy atom. The van der Waals surface area contributed by atoms with Crippen LogP contribution in [0.1, 0.15) is 36.0 Å². The van der Waals surface area contributed by atoms with Gasteiger partial charge in [0.25, 0.3) is 5.91 Å². The summed E-state index contributed by atoms with van der Waals surface area (Å²) in [7, 11) is 0. The molecular weight excluding hydrogens is 298 g/mol. The van der Waals surface area contributed by atoms with E-state index in [0.717, 1.165) is 38.9 Å². The fourth-order valence-electron chi connectivity index (χ4n) is 3.17. The fourth-order valence-corrected chi connectivity index (χ4v) is 3.17. The average Bonchev–Trinajstić information content (AvgIpc) is 2.51. The number of rotatable bonds is 6. The van der Waals surface area contributed by atoms with E-state index >= 15 is 0 Å². The number of hydrogen-bond donors (Lipinski definition) is 1. The first kappa shape index (κ1) is 17.9. The van der Waals surface area contributed by atoms with Crippen LogP contribution in [-0.2, 0) is 11.3 Å². The molecule has 3 nitrogen and oxygen atoms in total. The minimum atomic E-state index is -2.91. The Morgan fingerprint density at radius 3 is 2.83 bits per heavy atom. The Labute approximate surface area is 137 Å². The van der Waals surface area contributed by atoms with Crippen molar-refractivity contribution in [2.75, 3.05) is 19.6 Å². The lowest BCUT2D eigenvalue weighted by Crippen LogP contribution is -2.37. The van der Waals surface area contributed by atoms with E-state index in [1.165, 1.54) is 16.7 Å². The van der Waals surface area contributed by atoms with Crippen LogP contribution in [0.4, 0.5) is 8.78 Å². The lowest BCUT2D eigenvalue weighted by Gasteiger charge is -2.33. The zero-order valence-electron chi connectivity index (χ0n) is 13.9. The minimum absolute atomic E-state index is 0.339. The number of nitrogens with zero attached hydrogens (tertiary/aromatic N) is 1. The van der Waals surface area contributed by atoms with Gasteiger partial charge < -0.3 is 5.32 Å². The molecule has 1 N–H and O–H groups in total. The second-order valence-corrected chi connectivity index (χ2v) is 6.54. The maximum absolute atomic E-state index is 12.1. The van der Waals surface area contributed by atoms with Crippen LogP contribution in [0.15, 0.2) is 18.2 Å². The molecule has 23 heavy (non-hydrogen) atoms. The van der Waals surface area contributed by atoms with Gasteiger partial charge in [-0.1, -0.05) is 18.2 Å². The quantitative estimate of drug-likeness (QED) is 0.871. The summed E-state index contributed by atoms with van der Waals surface area (Å²) in [4.78, 5) is 13.3. The molecular formula is C18H26F2N2O. The molecule has 1 aromatic rings. The topological polar surface area (TPSA) is 32.3 Å². The van der Waals surface area contributed by atoms with E-state index < -0.39 is 12.3 Å². The summed E-state index contributed by atoms with van der Waals surface area (Å²) in [6, 6.07) is 6.57. The maximum Gasteiger partial charge on any atom is 0.315 e. The summed E-state index contributed by atoms with van der Waals surface area (Å²) in [5.41, 5.74) is 3.94. The molecule has 1 aromatic carbocycles. The Kier molecular flexibility index (Phi) is 6.51. The van der Waals surface area contributed by atoms with Crippen molar-refractivity contribution >= 4 is 5.91 Å². The van der Waals surface area contributed by atoms with Gasteiger partial charge in [-0.25, -0.2) is 0 Å². The highest BCUT2D eigenvalue weighted by Crippen LogP contribution is 2.21. The van der Waals surface area contributed by atoms with E-state index in [2.05, 4.69) is 42.3 Å². The molecule has 0 aliphatic carbocycles. The molecule has 1 atom stereocenters. The predicted octanol–water partition coefficient (Wildman–Crippen LogP) is 3.29. The van der Waals surface area contributed by atoms with Crippen LogP contribution in [0.3, 0.4) is 0 Å². The van der Waals surface area contributed by atoms with E-state index in [0.29, 0.717) is 12.5 Å². The number of carbonyl (C=O) groups is 1. The van der Waals surface area contributed by atoms with E-state index in [-0.39, 0.29) is 0 Å². The third-order valence-electron chi connectivity index (χ3n) is 4.63. The van der Waals surface area contributed by atoms with Crippen molar-refractivity contribution in [1.29, 1.82) is 0 Å². The average molecular weight is 324 g/mol. The molecule has 1 amide bonds. The Balaban J connectivity index is 1.78. The van der Waals surface area contributed by atoms with Crippen LogP contribution in [0, 0.1) is 19.8 Å². The van der Waals surface area contributed by atoms with Gasteiger partial charge in [-0.2, -0.15) is 8.78 Å². The molecule has 0 spiro atoms. The van der Waals surface area contributed by atoms with Gasteiger partial charge in [-0.3, -0.25) is 9.69 Å². The SMILES string of the molecule is Cc1ccc(CN2CCC[C@@H](CCNC(=O)C(F)F)C2)cc1C. The first-order valence-corrected chi connectivity index (χ1v) is 8.30. The third-order valence-corrected chi connectivity index (χ3v) is 4.63. The van der Waals surface area contributed by atoms with Crippen LogP contribution >= 0.6 is 0 Å². The smallest absolute Gasteiger partial charge is 0.315 e. The second-order valence-electron chi connectivity index (χ2n) is 6.54. The van der Waals surface area contributed by atoms with Crippen LogP contribution in [-0.4, -0.2) is 36.9 Å². The first-order chi connectivity index (χ1) is 11.0. The number of nitrogens with one attached hydrogen (secondary N) is 1. The largest absolute Gasteiger partial charge is 0.351 e. The van der Waals surface area contributed by atoms with Crippen LogP contribution < -0.4 is 5.32 Å². The van der Waals surface area contributed by atoms with Gasteiger partial charge in [-0.15, -0.1) is 0 Å². The van der Waals surface area contributed by atoms with Crippen LogP contribution in [0.25, 0.3) is 0 Å². The van der Waals surface area contributed by atoms with Crippen LogP contribution in [0.2, 0.25) is 0 Å². The van der Waals surface area contributed by atoms with Gasteiger partial charge >= 0.3 is 6.43 Å². The van der Waals surface area contributed by atoms with Crippen molar-refractivity contribution in [2.45, 2.75) is 46.1 Å². The van der Waals surface area contributed by atoms with Gasteiger partial charge in [0.15, 0.2) is 0 Å². The molecule has 0 saturated carbocycles. The summed E-state index contributed by atoms with van der Waals surface area (Å²) < 4.78 is 24.3. The van der Waals surface area contributed by atoms with E-state index in [1.54, 1.807) is 0 Å². The van der Waals surface area contributed by atoms with E-state index in [9.17, 15) is 13.6 Å². The molecule has 1 fully saturated rings. The fraction of sp³-hybridized carbons (Fsp3) is 0.611. The summed E-state index contributed by atoms with van der Waals surface area (Å²) in [5.74, 6) is -0.693. The van der Waals surface area contributed by atoms with Gasteiger partial charge in [0.2, 0.25) is 0 Å². The van der Waals surface area contributed by atoms with E-state index in [1.807, 2.05) is 0 Å². The molecule has 0 radical (unpaired) electrons. The zero-order valence-corrected chi connectivity index (χ0v) is 13.9. The molecule has 128 valence electrons. The number of alkyl halides is 2. The first-order valence-electron chi connectivity index (χ1n) is 8.30. The van der Waals surface area contributed by atoms with Gasteiger partial charge in [-0.05, 0) is 62.3 Å². The highest BCUT2D eigenvalue weighted by Gasteiger charge is 2.21. The lowest BCUT2D eigenvalue weighted by atomic mass is 9.94. The number of piperidine rings is 1. The summed E-state index contributed by atoms with van der Waals surface area (Å²) in [5, 5.41) is 2.30. The predicted molar refractivity (Wildman–Crippen MR) is 87.5 cm³/mol. The third kappa shape index (κ3) is 5.57. The molecule has 0 bridgehead atoms.